The molecule has 28 heavy (non-hydrogen) atoms. The highest BCUT2D eigenvalue weighted by molar-refractivity contribution is 14.0. The summed E-state index contributed by atoms with van der Waals surface area (Å²) in [6.07, 6.45) is 4.37. The second kappa shape index (κ2) is 11.1. The zero-order valence-corrected chi connectivity index (χ0v) is 19.0. The van der Waals surface area contributed by atoms with E-state index >= 15 is 0 Å². The number of nitrogens with zero attached hydrogens (tertiary/aromatic N) is 2. The number of nitrogens with one attached hydrogen (secondary N) is 2. The third kappa shape index (κ3) is 6.85. The maximum Gasteiger partial charge on any atom is 0.212 e. The fourth-order valence-corrected chi connectivity index (χ4v) is 2.66. The highest BCUT2D eigenvalue weighted by Gasteiger charge is 2.22. The molecule has 2 aromatic rings. The van der Waals surface area contributed by atoms with E-state index in [4.69, 9.17) is 9.47 Å². The lowest BCUT2D eigenvalue weighted by Gasteiger charge is -2.15. The van der Waals surface area contributed by atoms with Crippen LogP contribution in [0.25, 0.3) is 0 Å². The van der Waals surface area contributed by atoms with E-state index in [-0.39, 0.29) is 24.0 Å². The van der Waals surface area contributed by atoms with Crippen LogP contribution in [0.5, 0.6) is 11.6 Å². The Morgan fingerprint density at radius 1 is 1.18 bits per heavy atom. The summed E-state index contributed by atoms with van der Waals surface area (Å²) in [5, 5.41) is 6.66. The normalized spacial score (nSPS) is 13.5. The summed E-state index contributed by atoms with van der Waals surface area (Å²) in [6, 6.07) is 10.2. The van der Waals surface area contributed by atoms with Crippen LogP contribution < -0.4 is 20.1 Å². The SMILES string of the molecule is CN=C(NCc1ccc(OC)nc1)NCc1ccc(C)cc1OCC1CC1.I. The first-order chi connectivity index (χ1) is 13.2. The first kappa shape index (κ1) is 22.3. The smallest absolute Gasteiger partial charge is 0.212 e. The van der Waals surface area contributed by atoms with Gasteiger partial charge in [0.2, 0.25) is 5.88 Å². The molecule has 1 aromatic heterocycles. The average Bonchev–Trinajstić information content (AvgIpc) is 3.52. The van der Waals surface area contributed by atoms with Crippen LogP contribution in [0.4, 0.5) is 0 Å². The number of aliphatic imine (C=N–C) groups is 1. The van der Waals surface area contributed by atoms with Gasteiger partial charge in [-0.1, -0.05) is 18.2 Å². The second-order valence-electron chi connectivity index (χ2n) is 6.85. The van der Waals surface area contributed by atoms with E-state index in [1.807, 2.05) is 12.1 Å². The largest absolute Gasteiger partial charge is 0.493 e. The van der Waals surface area contributed by atoms with Gasteiger partial charge in [0, 0.05) is 38.0 Å². The highest BCUT2D eigenvalue weighted by Crippen LogP contribution is 2.30. The molecular formula is C21H29IN4O2. The number of hydrogen-bond acceptors (Lipinski definition) is 4. The van der Waals surface area contributed by atoms with Gasteiger partial charge in [0.05, 0.1) is 13.7 Å². The number of benzene rings is 1. The number of methoxy groups -OCH3 is 1. The Morgan fingerprint density at radius 2 is 1.96 bits per heavy atom. The lowest BCUT2D eigenvalue weighted by Crippen LogP contribution is -2.36. The predicted octanol–water partition coefficient (Wildman–Crippen LogP) is 3.67. The molecule has 1 aliphatic carbocycles. The number of aryl methyl sites for hydroxylation is 1. The maximum atomic E-state index is 6.04. The van der Waals surface area contributed by atoms with Crippen molar-refractivity contribution in [3.8, 4) is 11.6 Å². The molecule has 0 aliphatic heterocycles. The maximum absolute atomic E-state index is 6.04. The molecule has 1 aromatic carbocycles. The Kier molecular flexibility index (Phi) is 8.82. The molecule has 1 fully saturated rings. The van der Waals surface area contributed by atoms with E-state index in [1.165, 1.54) is 18.4 Å². The van der Waals surface area contributed by atoms with Crippen LogP contribution in [0.2, 0.25) is 0 Å². The van der Waals surface area contributed by atoms with Crippen LogP contribution in [0.15, 0.2) is 41.5 Å². The van der Waals surface area contributed by atoms with Gasteiger partial charge in [-0.25, -0.2) is 4.98 Å². The molecule has 6 nitrogen and oxygen atoms in total. The average molecular weight is 496 g/mol. The molecule has 0 unspecified atom stereocenters. The van der Waals surface area contributed by atoms with Crippen molar-refractivity contribution in [2.24, 2.45) is 10.9 Å². The quantitative estimate of drug-likeness (QED) is 0.332. The van der Waals surface area contributed by atoms with Gasteiger partial charge < -0.3 is 20.1 Å². The van der Waals surface area contributed by atoms with Gasteiger partial charge in [0.25, 0.3) is 0 Å². The van der Waals surface area contributed by atoms with E-state index in [2.05, 4.69) is 45.7 Å². The molecule has 1 heterocycles. The van der Waals surface area contributed by atoms with E-state index < -0.39 is 0 Å². The summed E-state index contributed by atoms with van der Waals surface area (Å²) in [6.45, 7) is 4.19. The van der Waals surface area contributed by atoms with Crippen molar-refractivity contribution < 1.29 is 9.47 Å². The van der Waals surface area contributed by atoms with Gasteiger partial charge in [-0.3, -0.25) is 4.99 Å². The minimum absolute atomic E-state index is 0. The summed E-state index contributed by atoms with van der Waals surface area (Å²) in [5.74, 6) is 3.04. The molecule has 1 aliphatic rings. The summed E-state index contributed by atoms with van der Waals surface area (Å²) in [4.78, 5) is 8.51. The molecular weight excluding hydrogens is 467 g/mol. The Balaban J connectivity index is 0.00000280. The third-order valence-corrected chi connectivity index (χ3v) is 4.53. The van der Waals surface area contributed by atoms with Gasteiger partial charge in [0.15, 0.2) is 5.96 Å². The minimum Gasteiger partial charge on any atom is -0.493 e. The molecule has 0 atom stereocenters. The van der Waals surface area contributed by atoms with Crippen LogP contribution in [-0.2, 0) is 13.1 Å². The topological polar surface area (TPSA) is 67.8 Å². The van der Waals surface area contributed by atoms with E-state index in [0.717, 1.165) is 35.4 Å². The summed E-state index contributed by atoms with van der Waals surface area (Å²) < 4.78 is 11.1. The molecule has 3 rings (SSSR count). The van der Waals surface area contributed by atoms with Crippen molar-refractivity contribution in [1.29, 1.82) is 0 Å². The molecule has 0 radical (unpaired) electrons. The van der Waals surface area contributed by atoms with E-state index in [0.29, 0.717) is 19.0 Å². The van der Waals surface area contributed by atoms with Crippen LogP contribution >= 0.6 is 24.0 Å². The number of guanidine groups is 1. The number of pyridine rings is 1. The van der Waals surface area contributed by atoms with Gasteiger partial charge in [-0.2, -0.15) is 0 Å². The summed E-state index contributed by atoms with van der Waals surface area (Å²) >= 11 is 0. The Bertz CT molecular complexity index is 776. The van der Waals surface area contributed by atoms with Gasteiger partial charge in [-0.05, 0) is 42.9 Å². The van der Waals surface area contributed by atoms with Crippen molar-refractivity contribution in [2.45, 2.75) is 32.9 Å². The first-order valence-corrected chi connectivity index (χ1v) is 9.33. The van der Waals surface area contributed by atoms with E-state index in [1.54, 1.807) is 20.4 Å². The number of aromatic nitrogens is 1. The monoisotopic (exact) mass is 496 g/mol. The molecule has 0 spiro atoms. The molecule has 0 amide bonds. The van der Waals surface area contributed by atoms with Gasteiger partial charge >= 0.3 is 0 Å². The molecule has 0 saturated heterocycles. The van der Waals surface area contributed by atoms with Gasteiger partial charge in [0.1, 0.15) is 5.75 Å². The van der Waals surface area contributed by atoms with Crippen molar-refractivity contribution in [3.63, 3.8) is 0 Å². The predicted molar refractivity (Wildman–Crippen MR) is 123 cm³/mol. The van der Waals surface area contributed by atoms with Crippen molar-refractivity contribution in [3.05, 3.63) is 53.2 Å². The third-order valence-electron chi connectivity index (χ3n) is 4.53. The zero-order chi connectivity index (χ0) is 19.1. The molecule has 2 N–H and O–H groups in total. The zero-order valence-electron chi connectivity index (χ0n) is 16.7. The van der Waals surface area contributed by atoms with Crippen LogP contribution in [0.3, 0.4) is 0 Å². The fraction of sp³-hybridized carbons (Fsp3) is 0.429. The minimum atomic E-state index is 0. The number of ether oxygens (including phenoxy) is 2. The summed E-state index contributed by atoms with van der Waals surface area (Å²) in [7, 11) is 3.38. The standard InChI is InChI=1S/C21H28N4O2.HI/c1-15-4-8-18(19(10-15)27-14-16-5-6-16)13-25-21(22-2)24-12-17-7-9-20(26-3)23-11-17;/h4,7-11,16H,5-6,12-14H2,1-3H3,(H2,22,24,25);1H. The number of halogens is 1. The highest BCUT2D eigenvalue weighted by atomic mass is 127. The Labute approximate surface area is 184 Å². The van der Waals surface area contributed by atoms with Crippen LogP contribution in [0.1, 0.15) is 29.5 Å². The van der Waals surface area contributed by atoms with Crippen LogP contribution in [-0.4, -0.2) is 31.7 Å². The second-order valence-corrected chi connectivity index (χ2v) is 6.85. The molecule has 0 bridgehead atoms. The van der Waals surface area contributed by atoms with Crippen molar-refractivity contribution in [2.75, 3.05) is 20.8 Å². The van der Waals surface area contributed by atoms with Crippen LogP contribution in [0, 0.1) is 12.8 Å². The molecule has 152 valence electrons. The lowest BCUT2D eigenvalue weighted by molar-refractivity contribution is 0.296. The molecule has 7 heteroatoms. The van der Waals surface area contributed by atoms with Crippen molar-refractivity contribution in [1.82, 2.24) is 15.6 Å². The first-order valence-electron chi connectivity index (χ1n) is 9.33. The van der Waals surface area contributed by atoms with Gasteiger partial charge in [-0.15, -0.1) is 24.0 Å². The number of rotatable bonds is 8. The molecule has 1 saturated carbocycles. The Morgan fingerprint density at radius 3 is 2.61 bits per heavy atom. The van der Waals surface area contributed by atoms with Crippen molar-refractivity contribution >= 4 is 29.9 Å². The summed E-state index contributed by atoms with van der Waals surface area (Å²) in [5.41, 5.74) is 3.40. The fourth-order valence-electron chi connectivity index (χ4n) is 2.66. The Hall–Kier alpha value is -2.03. The number of hydrogen-bond donors (Lipinski definition) is 2. The van der Waals surface area contributed by atoms with E-state index in [9.17, 15) is 0 Å². The lowest BCUT2D eigenvalue weighted by atomic mass is 10.1.